The summed E-state index contributed by atoms with van der Waals surface area (Å²) in [5, 5.41) is 5.16. The van der Waals surface area contributed by atoms with Crippen molar-refractivity contribution in [3.63, 3.8) is 0 Å². The molecule has 3 unspecified atom stereocenters. The van der Waals surface area contributed by atoms with Crippen molar-refractivity contribution in [1.29, 1.82) is 0 Å². The summed E-state index contributed by atoms with van der Waals surface area (Å²) in [5.74, 6) is 0.802. The minimum absolute atomic E-state index is 0.749. The highest BCUT2D eigenvalue weighted by atomic mass is 32.2. The lowest BCUT2D eigenvalue weighted by molar-refractivity contribution is 0.506. The first-order valence-corrected chi connectivity index (χ1v) is 7.42. The first-order valence-electron chi connectivity index (χ1n) is 6.48. The molecule has 0 amide bonds. The first kappa shape index (κ1) is 13.4. The van der Waals surface area contributed by atoms with Gasteiger partial charge in [-0.25, -0.2) is 0 Å². The number of thioether (sulfide) groups is 1. The van der Waals surface area contributed by atoms with E-state index in [0.717, 1.165) is 22.5 Å². The Hall–Kier alpha value is 0.310. The van der Waals surface area contributed by atoms with Crippen LogP contribution in [0.4, 0.5) is 0 Å². The average molecular weight is 229 g/mol. The summed E-state index contributed by atoms with van der Waals surface area (Å²) in [6.07, 6.45) is 7.07. The number of rotatable bonds is 4. The lowest BCUT2D eigenvalue weighted by atomic mass is 10.1. The summed E-state index contributed by atoms with van der Waals surface area (Å²) in [6.45, 7) is 7.05. The van der Waals surface area contributed by atoms with Gasteiger partial charge in [-0.3, -0.25) is 0 Å². The molecule has 1 aliphatic carbocycles. The van der Waals surface area contributed by atoms with Gasteiger partial charge in [0, 0.05) is 16.5 Å². The summed E-state index contributed by atoms with van der Waals surface area (Å²) in [4.78, 5) is 0. The fraction of sp³-hybridized carbons (Fsp3) is 1.00. The van der Waals surface area contributed by atoms with Crippen LogP contribution in [0.3, 0.4) is 0 Å². The Kier molecular flexibility index (Phi) is 6.06. The second-order valence-electron chi connectivity index (χ2n) is 5.16. The van der Waals surface area contributed by atoms with E-state index in [1.54, 1.807) is 0 Å². The van der Waals surface area contributed by atoms with Crippen LogP contribution in [-0.2, 0) is 0 Å². The first-order chi connectivity index (χ1) is 7.15. The van der Waals surface area contributed by atoms with Crippen molar-refractivity contribution in [2.75, 3.05) is 7.05 Å². The van der Waals surface area contributed by atoms with Crippen LogP contribution in [0.15, 0.2) is 0 Å². The van der Waals surface area contributed by atoms with Crippen molar-refractivity contribution < 1.29 is 0 Å². The molecule has 15 heavy (non-hydrogen) atoms. The molecule has 1 fully saturated rings. The van der Waals surface area contributed by atoms with E-state index in [4.69, 9.17) is 0 Å². The fourth-order valence-electron chi connectivity index (χ4n) is 2.20. The molecular formula is C13H27NS. The molecule has 0 aromatic carbocycles. The van der Waals surface area contributed by atoms with Crippen LogP contribution in [0.1, 0.15) is 52.9 Å². The molecule has 0 radical (unpaired) electrons. The molecule has 0 bridgehead atoms. The van der Waals surface area contributed by atoms with Crippen molar-refractivity contribution >= 4 is 11.8 Å². The van der Waals surface area contributed by atoms with Crippen LogP contribution in [0, 0.1) is 5.92 Å². The van der Waals surface area contributed by atoms with E-state index in [2.05, 4.69) is 44.9 Å². The molecule has 0 spiro atoms. The third kappa shape index (κ3) is 4.36. The highest BCUT2D eigenvalue weighted by Crippen LogP contribution is 2.32. The van der Waals surface area contributed by atoms with Crippen LogP contribution in [0.25, 0.3) is 0 Å². The van der Waals surface area contributed by atoms with Gasteiger partial charge in [0.2, 0.25) is 0 Å². The van der Waals surface area contributed by atoms with Gasteiger partial charge >= 0.3 is 0 Å². The highest BCUT2D eigenvalue weighted by Gasteiger charge is 2.25. The Bertz CT molecular complexity index is 170. The van der Waals surface area contributed by atoms with Gasteiger partial charge in [-0.2, -0.15) is 11.8 Å². The second kappa shape index (κ2) is 6.80. The molecule has 0 aromatic heterocycles. The van der Waals surface area contributed by atoms with Gasteiger partial charge in [0.15, 0.2) is 0 Å². The molecule has 1 N–H and O–H groups in total. The second-order valence-corrected chi connectivity index (χ2v) is 6.78. The number of hydrogen-bond donors (Lipinski definition) is 1. The molecule has 3 atom stereocenters. The largest absolute Gasteiger partial charge is 0.316 e. The maximum Gasteiger partial charge on any atom is 0.0203 e. The smallest absolute Gasteiger partial charge is 0.0203 e. The molecule has 0 aliphatic heterocycles. The molecular weight excluding hydrogens is 202 g/mol. The van der Waals surface area contributed by atoms with Crippen molar-refractivity contribution in [3.05, 3.63) is 0 Å². The highest BCUT2D eigenvalue weighted by molar-refractivity contribution is 8.00. The molecule has 1 aliphatic rings. The van der Waals surface area contributed by atoms with E-state index in [1.807, 2.05) is 0 Å². The van der Waals surface area contributed by atoms with Crippen LogP contribution in [-0.4, -0.2) is 23.6 Å². The third-order valence-electron chi connectivity index (χ3n) is 3.65. The molecule has 2 heteroatoms. The minimum atomic E-state index is 0.749. The van der Waals surface area contributed by atoms with Crippen LogP contribution in [0.2, 0.25) is 0 Å². The van der Waals surface area contributed by atoms with Crippen LogP contribution >= 0.6 is 11.8 Å². The third-order valence-corrected chi connectivity index (χ3v) is 5.54. The van der Waals surface area contributed by atoms with Crippen molar-refractivity contribution in [2.45, 2.75) is 69.4 Å². The van der Waals surface area contributed by atoms with Gasteiger partial charge in [0.05, 0.1) is 0 Å². The minimum Gasteiger partial charge on any atom is -0.316 e. The Morgan fingerprint density at radius 3 is 2.33 bits per heavy atom. The molecule has 0 saturated heterocycles. The Morgan fingerprint density at radius 1 is 1.07 bits per heavy atom. The summed E-state index contributed by atoms with van der Waals surface area (Å²) in [7, 11) is 2.13. The maximum absolute atomic E-state index is 3.52. The standard InChI is InChI=1S/C13H27NS/c1-10(2)11(3)15-13-9-7-5-6-8-12(13)14-4/h10-14H,5-9H2,1-4H3. The zero-order valence-corrected chi connectivity index (χ0v) is 11.6. The number of hydrogen-bond acceptors (Lipinski definition) is 2. The van der Waals surface area contributed by atoms with E-state index < -0.39 is 0 Å². The lowest BCUT2D eigenvalue weighted by Gasteiger charge is -2.28. The molecule has 1 nitrogen and oxygen atoms in total. The molecule has 1 rings (SSSR count). The van der Waals surface area contributed by atoms with Gasteiger partial charge in [-0.1, -0.05) is 40.0 Å². The predicted molar refractivity (Wildman–Crippen MR) is 71.6 cm³/mol. The maximum atomic E-state index is 3.52. The quantitative estimate of drug-likeness (QED) is 0.738. The summed E-state index contributed by atoms with van der Waals surface area (Å²) in [6, 6.07) is 0.749. The van der Waals surface area contributed by atoms with Gasteiger partial charge in [-0.05, 0) is 25.8 Å². The monoisotopic (exact) mass is 229 g/mol. The van der Waals surface area contributed by atoms with Gasteiger partial charge in [0.25, 0.3) is 0 Å². The molecule has 1 saturated carbocycles. The zero-order chi connectivity index (χ0) is 11.3. The Morgan fingerprint density at radius 2 is 1.73 bits per heavy atom. The molecule has 90 valence electrons. The summed E-state index contributed by atoms with van der Waals surface area (Å²) < 4.78 is 0. The van der Waals surface area contributed by atoms with E-state index >= 15 is 0 Å². The van der Waals surface area contributed by atoms with Crippen molar-refractivity contribution in [3.8, 4) is 0 Å². The zero-order valence-electron chi connectivity index (χ0n) is 10.8. The summed E-state index contributed by atoms with van der Waals surface area (Å²) >= 11 is 2.21. The normalized spacial score (nSPS) is 30.2. The molecule has 0 heterocycles. The van der Waals surface area contributed by atoms with Gasteiger partial charge in [-0.15, -0.1) is 0 Å². The Labute approximate surface area is 99.8 Å². The topological polar surface area (TPSA) is 12.0 Å². The lowest BCUT2D eigenvalue weighted by Crippen LogP contribution is -2.36. The average Bonchev–Trinajstić information content (AvgIpc) is 2.42. The SMILES string of the molecule is CNC1CCCCCC1SC(C)C(C)C. The number of nitrogens with one attached hydrogen (secondary N) is 1. The van der Waals surface area contributed by atoms with Crippen LogP contribution < -0.4 is 5.32 Å². The van der Waals surface area contributed by atoms with Crippen molar-refractivity contribution in [2.24, 2.45) is 5.92 Å². The van der Waals surface area contributed by atoms with Gasteiger partial charge < -0.3 is 5.32 Å². The van der Waals surface area contributed by atoms with Crippen LogP contribution in [0.5, 0.6) is 0 Å². The summed E-state index contributed by atoms with van der Waals surface area (Å²) in [5.41, 5.74) is 0. The van der Waals surface area contributed by atoms with Gasteiger partial charge in [0.1, 0.15) is 0 Å². The van der Waals surface area contributed by atoms with Crippen molar-refractivity contribution in [1.82, 2.24) is 5.32 Å². The van der Waals surface area contributed by atoms with E-state index in [1.165, 1.54) is 32.1 Å². The van der Waals surface area contributed by atoms with E-state index in [-0.39, 0.29) is 0 Å². The fourth-order valence-corrected chi connectivity index (χ4v) is 3.83. The van der Waals surface area contributed by atoms with E-state index in [9.17, 15) is 0 Å². The predicted octanol–water partition coefficient (Wildman–Crippen LogP) is 3.68. The molecule has 0 aromatic rings. The van der Waals surface area contributed by atoms with E-state index in [0.29, 0.717) is 0 Å². The Balaban J connectivity index is 2.47.